The highest BCUT2D eigenvalue weighted by atomic mass is 19.4. The molecule has 0 spiro atoms. The second-order valence-electron chi connectivity index (χ2n) is 5.31. The zero-order chi connectivity index (χ0) is 16.6. The molecule has 1 aromatic heterocycles. The van der Waals surface area contributed by atoms with Gasteiger partial charge >= 0.3 is 12.2 Å². The minimum atomic E-state index is -4.53. The van der Waals surface area contributed by atoms with E-state index in [1.54, 1.807) is 12.1 Å². The molecule has 0 atom stereocenters. The lowest BCUT2D eigenvalue weighted by atomic mass is 10.2. The molecule has 1 aliphatic rings. The molecule has 1 aliphatic heterocycles. The van der Waals surface area contributed by atoms with E-state index in [0.717, 1.165) is 28.9 Å². The Morgan fingerprint density at radius 1 is 1.04 bits per heavy atom. The molecular formula is C16H14F3N3O. The number of carbonyl (C=O) groups is 1. The summed E-state index contributed by atoms with van der Waals surface area (Å²) in [6.45, 7) is 2.43. The third kappa shape index (κ3) is 2.86. The van der Waals surface area contributed by atoms with Crippen LogP contribution in [0.5, 0.6) is 0 Å². The second-order valence-corrected chi connectivity index (χ2v) is 5.31. The zero-order valence-corrected chi connectivity index (χ0v) is 12.3. The van der Waals surface area contributed by atoms with Gasteiger partial charge in [0.2, 0.25) is 0 Å². The average molecular weight is 321 g/mol. The van der Waals surface area contributed by atoms with Crippen LogP contribution in [-0.4, -0.2) is 24.1 Å². The summed E-state index contributed by atoms with van der Waals surface area (Å²) in [7, 11) is 0. The number of anilines is 2. The topological polar surface area (TPSA) is 36.4 Å². The van der Waals surface area contributed by atoms with Crippen LogP contribution in [0.2, 0.25) is 0 Å². The van der Waals surface area contributed by atoms with E-state index in [-0.39, 0.29) is 12.2 Å². The average Bonchev–Trinajstić information content (AvgIpc) is 2.89. The van der Waals surface area contributed by atoms with Crippen molar-refractivity contribution >= 4 is 17.4 Å². The second kappa shape index (κ2) is 5.57. The number of aromatic nitrogens is 1. The highest BCUT2D eigenvalue weighted by molar-refractivity contribution is 6.06. The van der Waals surface area contributed by atoms with Gasteiger partial charge in [-0.15, -0.1) is 0 Å². The Morgan fingerprint density at radius 2 is 1.70 bits per heavy atom. The number of rotatable bonds is 2. The zero-order valence-electron chi connectivity index (χ0n) is 12.3. The molecule has 2 heterocycles. The van der Waals surface area contributed by atoms with Crippen LogP contribution in [0.15, 0.2) is 42.7 Å². The first kappa shape index (κ1) is 15.3. The Labute approximate surface area is 131 Å². The Bertz CT molecular complexity index is 728. The number of benzene rings is 1. The van der Waals surface area contributed by atoms with Gasteiger partial charge in [-0.25, -0.2) is 4.79 Å². The SMILES string of the molecule is Cc1ccc(N2CCN(c3cnccc3C(F)(F)F)C2=O)cc1. The number of aryl methyl sites for hydroxylation is 1. The number of hydrogen-bond acceptors (Lipinski definition) is 2. The first-order valence-corrected chi connectivity index (χ1v) is 7.05. The summed E-state index contributed by atoms with van der Waals surface area (Å²) >= 11 is 0. The summed E-state index contributed by atoms with van der Waals surface area (Å²) in [5.74, 6) is 0. The molecule has 4 nitrogen and oxygen atoms in total. The van der Waals surface area contributed by atoms with Gasteiger partial charge < -0.3 is 0 Å². The number of halogens is 3. The summed E-state index contributed by atoms with van der Waals surface area (Å²) < 4.78 is 39.3. The summed E-state index contributed by atoms with van der Waals surface area (Å²) in [5.41, 5.74) is 0.649. The van der Waals surface area contributed by atoms with Crippen molar-refractivity contribution in [3.05, 3.63) is 53.9 Å². The fourth-order valence-corrected chi connectivity index (χ4v) is 2.57. The Morgan fingerprint density at radius 3 is 2.35 bits per heavy atom. The Balaban J connectivity index is 1.92. The van der Waals surface area contributed by atoms with E-state index in [1.807, 2.05) is 19.1 Å². The van der Waals surface area contributed by atoms with Gasteiger partial charge in [-0.05, 0) is 25.1 Å². The maximum atomic E-state index is 13.1. The number of urea groups is 1. The maximum absolute atomic E-state index is 13.1. The van der Waals surface area contributed by atoms with Gasteiger partial charge in [-0.1, -0.05) is 17.7 Å². The van der Waals surface area contributed by atoms with Crippen molar-refractivity contribution in [1.82, 2.24) is 4.98 Å². The molecule has 120 valence electrons. The standard InChI is InChI=1S/C16H14F3N3O/c1-11-2-4-12(5-3-11)21-8-9-22(15(21)23)14-10-20-7-6-13(14)16(17,18)19/h2-7,10H,8-9H2,1H3. The lowest BCUT2D eigenvalue weighted by Crippen LogP contribution is -2.33. The van der Waals surface area contributed by atoms with Gasteiger partial charge in [0.05, 0.1) is 17.4 Å². The van der Waals surface area contributed by atoms with Crippen LogP contribution in [0, 0.1) is 6.92 Å². The van der Waals surface area contributed by atoms with Crippen molar-refractivity contribution in [2.24, 2.45) is 0 Å². The number of nitrogens with zero attached hydrogens (tertiary/aromatic N) is 3. The fraction of sp³-hybridized carbons (Fsp3) is 0.250. The van der Waals surface area contributed by atoms with E-state index >= 15 is 0 Å². The first-order chi connectivity index (χ1) is 10.9. The number of carbonyl (C=O) groups excluding carboxylic acids is 1. The molecule has 2 amide bonds. The monoisotopic (exact) mass is 321 g/mol. The van der Waals surface area contributed by atoms with E-state index in [9.17, 15) is 18.0 Å². The smallest absolute Gasteiger partial charge is 0.292 e. The van der Waals surface area contributed by atoms with Gasteiger partial charge in [-0.3, -0.25) is 14.8 Å². The maximum Gasteiger partial charge on any atom is 0.418 e. The lowest BCUT2D eigenvalue weighted by Gasteiger charge is -2.21. The molecule has 1 saturated heterocycles. The predicted molar refractivity (Wildman–Crippen MR) is 80.5 cm³/mol. The van der Waals surface area contributed by atoms with Crippen LogP contribution < -0.4 is 9.80 Å². The van der Waals surface area contributed by atoms with Crippen molar-refractivity contribution < 1.29 is 18.0 Å². The van der Waals surface area contributed by atoms with Crippen molar-refractivity contribution in [3.63, 3.8) is 0 Å². The highest BCUT2D eigenvalue weighted by Crippen LogP contribution is 2.37. The van der Waals surface area contributed by atoms with Crippen molar-refractivity contribution in [2.75, 3.05) is 22.9 Å². The van der Waals surface area contributed by atoms with Crippen LogP contribution in [0.1, 0.15) is 11.1 Å². The molecule has 2 aromatic rings. The van der Waals surface area contributed by atoms with Gasteiger partial charge in [0.1, 0.15) is 0 Å². The van der Waals surface area contributed by atoms with E-state index in [4.69, 9.17) is 0 Å². The molecule has 0 bridgehead atoms. The van der Waals surface area contributed by atoms with Crippen LogP contribution in [-0.2, 0) is 6.18 Å². The van der Waals surface area contributed by atoms with Crippen molar-refractivity contribution in [1.29, 1.82) is 0 Å². The molecule has 0 radical (unpaired) electrons. The Kier molecular flexibility index (Phi) is 3.71. The quantitative estimate of drug-likeness (QED) is 0.842. The molecule has 0 unspecified atom stereocenters. The number of pyridine rings is 1. The highest BCUT2D eigenvalue weighted by Gasteiger charge is 2.39. The molecule has 23 heavy (non-hydrogen) atoms. The molecule has 1 fully saturated rings. The van der Waals surface area contributed by atoms with Gasteiger partial charge in [0.15, 0.2) is 0 Å². The Hall–Kier alpha value is -2.57. The minimum Gasteiger partial charge on any atom is -0.292 e. The van der Waals surface area contributed by atoms with Crippen LogP contribution in [0.4, 0.5) is 29.3 Å². The number of amides is 2. The van der Waals surface area contributed by atoms with Crippen LogP contribution >= 0.6 is 0 Å². The van der Waals surface area contributed by atoms with Crippen molar-refractivity contribution in [3.8, 4) is 0 Å². The van der Waals surface area contributed by atoms with Crippen LogP contribution in [0.3, 0.4) is 0 Å². The van der Waals surface area contributed by atoms with Crippen molar-refractivity contribution in [2.45, 2.75) is 13.1 Å². The molecular weight excluding hydrogens is 307 g/mol. The summed E-state index contributed by atoms with van der Waals surface area (Å²) in [4.78, 5) is 18.8. The van der Waals surface area contributed by atoms with E-state index in [0.29, 0.717) is 12.2 Å². The van der Waals surface area contributed by atoms with Gasteiger partial charge in [0, 0.05) is 25.0 Å². The van der Waals surface area contributed by atoms with E-state index < -0.39 is 17.8 Å². The lowest BCUT2D eigenvalue weighted by molar-refractivity contribution is -0.137. The first-order valence-electron chi connectivity index (χ1n) is 7.05. The third-order valence-electron chi connectivity index (χ3n) is 3.75. The van der Waals surface area contributed by atoms with Gasteiger partial charge in [-0.2, -0.15) is 13.2 Å². The van der Waals surface area contributed by atoms with Crippen LogP contribution in [0.25, 0.3) is 0 Å². The fourth-order valence-electron chi connectivity index (χ4n) is 2.57. The largest absolute Gasteiger partial charge is 0.418 e. The van der Waals surface area contributed by atoms with E-state index in [1.165, 1.54) is 4.90 Å². The molecule has 7 heteroatoms. The summed E-state index contributed by atoms with van der Waals surface area (Å²) in [6, 6.07) is 7.69. The molecule has 0 saturated carbocycles. The molecule has 0 aliphatic carbocycles. The molecule has 0 N–H and O–H groups in total. The third-order valence-corrected chi connectivity index (χ3v) is 3.75. The van der Waals surface area contributed by atoms with E-state index in [2.05, 4.69) is 4.98 Å². The summed E-state index contributed by atoms with van der Waals surface area (Å²) in [6.07, 6.45) is -2.38. The molecule has 1 aromatic carbocycles. The molecule has 3 rings (SSSR count). The van der Waals surface area contributed by atoms with Gasteiger partial charge in [0.25, 0.3) is 0 Å². The predicted octanol–water partition coefficient (Wildman–Crippen LogP) is 3.86. The number of hydrogen-bond donors (Lipinski definition) is 0. The number of alkyl halides is 3. The normalized spacial score (nSPS) is 15.4. The minimum absolute atomic E-state index is 0.182. The summed E-state index contributed by atoms with van der Waals surface area (Å²) in [5, 5.41) is 0.